The molecule has 0 fully saturated rings. The minimum Gasteiger partial charge on any atom is -0.351 e. The van der Waals surface area contributed by atoms with E-state index in [0.717, 1.165) is 11.6 Å². The van der Waals surface area contributed by atoms with Gasteiger partial charge in [-0.25, -0.2) is 0 Å². The summed E-state index contributed by atoms with van der Waals surface area (Å²) in [5.74, 6) is 0.420. The lowest BCUT2D eigenvalue weighted by Gasteiger charge is -2.21. The zero-order chi connectivity index (χ0) is 13.1. The molecule has 1 aromatic heterocycles. The molecule has 0 spiro atoms. The Morgan fingerprint density at radius 2 is 2.00 bits per heavy atom. The number of alkyl halides is 3. The van der Waals surface area contributed by atoms with Crippen LogP contribution in [0.5, 0.6) is 0 Å². The van der Waals surface area contributed by atoms with Crippen molar-refractivity contribution in [2.75, 3.05) is 18.0 Å². The van der Waals surface area contributed by atoms with E-state index in [2.05, 4.69) is 16.8 Å². The molecule has 1 rings (SSSR count). The first kappa shape index (κ1) is 13.5. The fraction of sp³-hybridized carbons (Fsp3) is 0.455. The van der Waals surface area contributed by atoms with Gasteiger partial charge < -0.3 is 4.90 Å². The van der Waals surface area contributed by atoms with Gasteiger partial charge in [0.15, 0.2) is 11.5 Å². The van der Waals surface area contributed by atoms with Crippen LogP contribution in [0.2, 0.25) is 0 Å². The molecule has 0 N–H and O–H groups in total. The number of anilines is 1. The molecule has 0 aliphatic rings. The minimum atomic E-state index is -4.45. The summed E-state index contributed by atoms with van der Waals surface area (Å²) in [6.07, 6.45) is -4.45. The second-order valence-corrected chi connectivity index (χ2v) is 3.75. The van der Waals surface area contributed by atoms with Gasteiger partial charge in [0.1, 0.15) is 0 Å². The standard InChI is InChI=1S/C11H14F3N3/c1-4-17(7-8(2)3)10-6-5-9(15-16-10)11(12,13)14/h5-6H,2,4,7H2,1,3H3. The SMILES string of the molecule is C=C(C)CN(CC)c1ccc(C(F)(F)F)nn1. The second kappa shape index (κ2) is 5.16. The topological polar surface area (TPSA) is 29.0 Å². The van der Waals surface area contributed by atoms with Crippen LogP contribution >= 0.6 is 0 Å². The largest absolute Gasteiger partial charge is 0.435 e. The molecule has 1 aromatic rings. The molecule has 0 aliphatic carbocycles. The van der Waals surface area contributed by atoms with Gasteiger partial charge in [-0.3, -0.25) is 0 Å². The number of rotatable bonds is 4. The summed E-state index contributed by atoms with van der Waals surface area (Å²) in [6.45, 7) is 8.68. The van der Waals surface area contributed by atoms with Gasteiger partial charge in [-0.05, 0) is 26.0 Å². The molecular formula is C11H14F3N3. The number of hydrogen-bond acceptors (Lipinski definition) is 3. The third kappa shape index (κ3) is 3.72. The van der Waals surface area contributed by atoms with Crippen molar-refractivity contribution in [2.24, 2.45) is 0 Å². The summed E-state index contributed by atoms with van der Waals surface area (Å²) >= 11 is 0. The number of nitrogens with zero attached hydrogens (tertiary/aromatic N) is 3. The van der Waals surface area contributed by atoms with Gasteiger partial charge in [-0.15, -0.1) is 10.2 Å². The molecule has 0 unspecified atom stereocenters. The van der Waals surface area contributed by atoms with E-state index in [1.807, 2.05) is 13.8 Å². The number of aromatic nitrogens is 2. The Bertz CT molecular complexity index is 384. The summed E-state index contributed by atoms with van der Waals surface area (Å²) in [4.78, 5) is 1.80. The molecule has 0 aliphatic heterocycles. The van der Waals surface area contributed by atoms with Gasteiger partial charge in [-0.1, -0.05) is 12.2 Å². The Kier molecular flexibility index (Phi) is 4.09. The van der Waals surface area contributed by atoms with Crippen LogP contribution in [0.1, 0.15) is 19.5 Å². The summed E-state index contributed by atoms with van der Waals surface area (Å²) < 4.78 is 36.8. The van der Waals surface area contributed by atoms with Crippen molar-refractivity contribution in [2.45, 2.75) is 20.0 Å². The van der Waals surface area contributed by atoms with E-state index in [1.165, 1.54) is 6.07 Å². The van der Waals surface area contributed by atoms with Gasteiger partial charge in [0, 0.05) is 13.1 Å². The Labute approximate surface area is 98.0 Å². The van der Waals surface area contributed by atoms with Crippen LogP contribution in [0, 0.1) is 0 Å². The fourth-order valence-corrected chi connectivity index (χ4v) is 1.33. The van der Waals surface area contributed by atoms with E-state index in [9.17, 15) is 13.2 Å². The summed E-state index contributed by atoms with van der Waals surface area (Å²) in [7, 11) is 0. The Morgan fingerprint density at radius 3 is 2.35 bits per heavy atom. The van der Waals surface area contributed by atoms with E-state index in [4.69, 9.17) is 0 Å². The Balaban J connectivity index is 2.89. The van der Waals surface area contributed by atoms with Crippen LogP contribution in [-0.4, -0.2) is 23.3 Å². The molecule has 0 amide bonds. The predicted molar refractivity (Wildman–Crippen MR) is 59.7 cm³/mol. The molecule has 17 heavy (non-hydrogen) atoms. The van der Waals surface area contributed by atoms with E-state index in [1.54, 1.807) is 4.90 Å². The molecule has 0 saturated heterocycles. The number of halogens is 3. The van der Waals surface area contributed by atoms with Gasteiger partial charge >= 0.3 is 6.18 Å². The molecular weight excluding hydrogens is 231 g/mol. The van der Waals surface area contributed by atoms with Gasteiger partial charge in [0.05, 0.1) is 0 Å². The first-order chi connectivity index (χ1) is 7.84. The minimum absolute atomic E-state index is 0.420. The maximum atomic E-state index is 12.3. The molecule has 0 saturated carbocycles. The predicted octanol–water partition coefficient (Wildman–Crippen LogP) is 2.90. The van der Waals surface area contributed by atoms with Crippen LogP contribution in [0.3, 0.4) is 0 Å². The highest BCUT2D eigenvalue weighted by Gasteiger charge is 2.33. The molecule has 0 atom stereocenters. The maximum absolute atomic E-state index is 12.3. The van der Waals surface area contributed by atoms with Gasteiger partial charge in [0.2, 0.25) is 0 Å². The van der Waals surface area contributed by atoms with Crippen molar-refractivity contribution in [3.8, 4) is 0 Å². The molecule has 0 bridgehead atoms. The summed E-state index contributed by atoms with van der Waals surface area (Å²) in [6, 6.07) is 2.26. The van der Waals surface area contributed by atoms with Crippen molar-refractivity contribution < 1.29 is 13.2 Å². The Morgan fingerprint density at radius 1 is 1.35 bits per heavy atom. The highest BCUT2D eigenvalue weighted by Crippen LogP contribution is 2.27. The highest BCUT2D eigenvalue weighted by atomic mass is 19.4. The normalized spacial score (nSPS) is 11.4. The average molecular weight is 245 g/mol. The third-order valence-corrected chi connectivity index (χ3v) is 2.11. The average Bonchev–Trinajstić information content (AvgIpc) is 2.24. The molecule has 0 aromatic carbocycles. The Hall–Kier alpha value is -1.59. The lowest BCUT2D eigenvalue weighted by atomic mass is 10.3. The first-order valence-corrected chi connectivity index (χ1v) is 5.15. The van der Waals surface area contributed by atoms with E-state index < -0.39 is 11.9 Å². The first-order valence-electron chi connectivity index (χ1n) is 5.15. The highest BCUT2D eigenvalue weighted by molar-refractivity contribution is 5.39. The monoisotopic (exact) mass is 245 g/mol. The van der Waals surface area contributed by atoms with Gasteiger partial charge in [-0.2, -0.15) is 13.2 Å². The molecule has 3 nitrogen and oxygen atoms in total. The van der Waals surface area contributed by atoms with Crippen molar-refractivity contribution in [3.63, 3.8) is 0 Å². The summed E-state index contributed by atoms with van der Waals surface area (Å²) in [5, 5.41) is 6.76. The second-order valence-electron chi connectivity index (χ2n) is 3.75. The van der Waals surface area contributed by atoms with Crippen LogP contribution < -0.4 is 4.90 Å². The lowest BCUT2D eigenvalue weighted by Crippen LogP contribution is -2.26. The smallest absolute Gasteiger partial charge is 0.351 e. The third-order valence-electron chi connectivity index (χ3n) is 2.11. The van der Waals surface area contributed by atoms with E-state index in [0.29, 0.717) is 18.9 Å². The molecule has 6 heteroatoms. The van der Waals surface area contributed by atoms with Crippen molar-refractivity contribution >= 4 is 5.82 Å². The molecule has 0 radical (unpaired) electrons. The summed E-state index contributed by atoms with van der Waals surface area (Å²) in [5.41, 5.74) is -0.0684. The number of hydrogen-bond donors (Lipinski definition) is 0. The van der Waals surface area contributed by atoms with Crippen molar-refractivity contribution in [1.29, 1.82) is 0 Å². The van der Waals surface area contributed by atoms with Crippen LogP contribution in [0.4, 0.5) is 19.0 Å². The van der Waals surface area contributed by atoms with Crippen molar-refractivity contribution in [3.05, 3.63) is 30.0 Å². The van der Waals surface area contributed by atoms with Crippen LogP contribution in [0.15, 0.2) is 24.3 Å². The van der Waals surface area contributed by atoms with E-state index >= 15 is 0 Å². The van der Waals surface area contributed by atoms with Crippen molar-refractivity contribution in [1.82, 2.24) is 10.2 Å². The van der Waals surface area contributed by atoms with Gasteiger partial charge in [0.25, 0.3) is 0 Å². The molecule has 94 valence electrons. The van der Waals surface area contributed by atoms with E-state index in [-0.39, 0.29) is 0 Å². The lowest BCUT2D eigenvalue weighted by molar-refractivity contribution is -0.141. The zero-order valence-electron chi connectivity index (χ0n) is 9.75. The molecule has 1 heterocycles. The maximum Gasteiger partial charge on any atom is 0.435 e. The van der Waals surface area contributed by atoms with Crippen LogP contribution in [-0.2, 0) is 6.18 Å². The fourth-order valence-electron chi connectivity index (χ4n) is 1.33. The van der Waals surface area contributed by atoms with Crippen LogP contribution in [0.25, 0.3) is 0 Å². The zero-order valence-corrected chi connectivity index (χ0v) is 9.75. The quantitative estimate of drug-likeness (QED) is 0.764. The number of likely N-dealkylation sites (N-methyl/N-ethyl adjacent to an activating group) is 1.